The molecule has 1 aromatic heterocycles. The Labute approximate surface area is 137 Å². The van der Waals surface area contributed by atoms with E-state index in [-0.39, 0.29) is 6.04 Å². The van der Waals surface area contributed by atoms with Crippen LogP contribution in [0.3, 0.4) is 0 Å². The van der Waals surface area contributed by atoms with E-state index >= 15 is 0 Å². The Morgan fingerprint density at radius 3 is 3.14 bits per heavy atom. The maximum absolute atomic E-state index is 5.99. The first-order chi connectivity index (χ1) is 10.6. The van der Waals surface area contributed by atoms with E-state index in [4.69, 9.17) is 10.5 Å². The number of thiophene rings is 1. The normalized spacial score (nSPS) is 25.1. The van der Waals surface area contributed by atoms with E-state index in [0.29, 0.717) is 24.5 Å². The van der Waals surface area contributed by atoms with Crippen molar-refractivity contribution < 1.29 is 4.74 Å². The van der Waals surface area contributed by atoms with Crippen LogP contribution >= 0.6 is 11.3 Å². The van der Waals surface area contributed by atoms with Gasteiger partial charge in [-0.3, -0.25) is 9.89 Å². The predicted molar refractivity (Wildman–Crippen MR) is 93.4 cm³/mol. The van der Waals surface area contributed by atoms with E-state index in [2.05, 4.69) is 39.8 Å². The van der Waals surface area contributed by atoms with Gasteiger partial charge in [-0.25, -0.2) is 0 Å². The van der Waals surface area contributed by atoms with Crippen LogP contribution in [0.5, 0.6) is 0 Å². The molecule has 2 rings (SSSR count). The van der Waals surface area contributed by atoms with Gasteiger partial charge in [0.15, 0.2) is 5.96 Å². The van der Waals surface area contributed by atoms with Crippen molar-refractivity contribution in [1.82, 2.24) is 10.2 Å². The highest BCUT2D eigenvalue weighted by Crippen LogP contribution is 2.37. The van der Waals surface area contributed by atoms with Gasteiger partial charge in [0.1, 0.15) is 0 Å². The molecule has 3 N–H and O–H groups in total. The lowest BCUT2D eigenvalue weighted by Crippen LogP contribution is -2.42. The van der Waals surface area contributed by atoms with Gasteiger partial charge in [0.2, 0.25) is 0 Å². The molecular formula is C16H28N4OS. The van der Waals surface area contributed by atoms with Crippen molar-refractivity contribution in [1.29, 1.82) is 0 Å². The number of rotatable bonds is 6. The molecule has 2 heterocycles. The van der Waals surface area contributed by atoms with Gasteiger partial charge in [-0.2, -0.15) is 0 Å². The van der Waals surface area contributed by atoms with E-state index in [0.717, 1.165) is 13.1 Å². The van der Waals surface area contributed by atoms with Crippen LogP contribution in [0.1, 0.15) is 30.7 Å². The maximum Gasteiger partial charge on any atom is 0.188 e. The minimum Gasteiger partial charge on any atom is -0.383 e. The Morgan fingerprint density at radius 1 is 1.64 bits per heavy atom. The standard InChI is InChI=1S/C16H28N4OS/c1-12(11-21-3)19-16(17)18-10-13-6-4-8-20(2)15(13)14-7-5-9-22-14/h5,7,9,12-13,15H,4,6,8,10-11H2,1-3H3,(H3,17,18,19). The predicted octanol–water partition coefficient (Wildman–Crippen LogP) is 2.07. The first-order valence-electron chi connectivity index (χ1n) is 7.91. The van der Waals surface area contributed by atoms with Gasteiger partial charge in [-0.05, 0) is 50.7 Å². The van der Waals surface area contributed by atoms with Crippen molar-refractivity contribution >= 4 is 17.3 Å². The van der Waals surface area contributed by atoms with Gasteiger partial charge < -0.3 is 15.8 Å². The minimum absolute atomic E-state index is 0.177. The van der Waals surface area contributed by atoms with Crippen molar-refractivity contribution in [2.45, 2.75) is 31.8 Å². The van der Waals surface area contributed by atoms with Crippen molar-refractivity contribution in [2.24, 2.45) is 16.6 Å². The fraction of sp³-hybridized carbons (Fsp3) is 0.688. The van der Waals surface area contributed by atoms with Gasteiger partial charge in [0.05, 0.1) is 6.61 Å². The average molecular weight is 324 g/mol. The number of likely N-dealkylation sites (tertiary alicyclic amines) is 1. The zero-order valence-corrected chi connectivity index (χ0v) is 14.6. The summed E-state index contributed by atoms with van der Waals surface area (Å²) in [5.74, 6) is 1.04. The third-order valence-electron chi connectivity index (χ3n) is 4.15. The molecule has 6 heteroatoms. The summed E-state index contributed by atoms with van der Waals surface area (Å²) in [6, 6.07) is 5.00. The second-order valence-electron chi connectivity index (χ2n) is 6.07. The molecule has 0 saturated carbocycles. The Bertz CT molecular complexity index is 463. The molecule has 0 bridgehead atoms. The van der Waals surface area contributed by atoms with E-state index in [1.165, 1.54) is 17.7 Å². The Morgan fingerprint density at radius 2 is 2.45 bits per heavy atom. The number of nitrogens with two attached hydrogens (primary N) is 1. The highest BCUT2D eigenvalue weighted by Gasteiger charge is 2.30. The highest BCUT2D eigenvalue weighted by atomic mass is 32.1. The molecular weight excluding hydrogens is 296 g/mol. The summed E-state index contributed by atoms with van der Waals surface area (Å²) in [7, 11) is 3.90. The summed E-state index contributed by atoms with van der Waals surface area (Å²) in [6.45, 7) is 4.59. The van der Waals surface area contributed by atoms with Crippen LogP contribution < -0.4 is 11.1 Å². The molecule has 1 aromatic rings. The van der Waals surface area contributed by atoms with Gasteiger partial charge in [-0.15, -0.1) is 11.3 Å². The Balaban J connectivity index is 1.97. The summed E-state index contributed by atoms with van der Waals surface area (Å²) in [5, 5.41) is 5.33. The van der Waals surface area contributed by atoms with Crippen LogP contribution in [0.15, 0.2) is 22.5 Å². The molecule has 1 saturated heterocycles. The lowest BCUT2D eigenvalue weighted by molar-refractivity contribution is 0.128. The second kappa shape index (κ2) is 8.50. The molecule has 0 amide bonds. The number of hydrogen-bond donors (Lipinski definition) is 2. The number of nitrogens with zero attached hydrogens (tertiary/aromatic N) is 2. The summed E-state index contributed by atoms with van der Waals surface area (Å²) in [5.41, 5.74) is 5.99. The number of ether oxygens (including phenoxy) is 1. The quantitative estimate of drug-likeness (QED) is 0.621. The van der Waals surface area contributed by atoms with Crippen molar-refractivity contribution in [3.8, 4) is 0 Å². The van der Waals surface area contributed by atoms with Crippen molar-refractivity contribution in [3.63, 3.8) is 0 Å². The molecule has 0 aromatic carbocycles. The summed E-state index contributed by atoms with van der Waals surface area (Å²) in [4.78, 5) is 8.45. The topological polar surface area (TPSA) is 62.9 Å². The molecule has 0 aliphatic carbocycles. The van der Waals surface area contributed by atoms with Gasteiger partial charge in [-0.1, -0.05) is 6.07 Å². The number of hydrogen-bond acceptors (Lipinski definition) is 4. The molecule has 22 heavy (non-hydrogen) atoms. The second-order valence-corrected chi connectivity index (χ2v) is 7.05. The molecule has 1 aliphatic rings. The third kappa shape index (κ3) is 4.69. The first-order valence-corrected chi connectivity index (χ1v) is 8.78. The number of nitrogens with one attached hydrogen (secondary N) is 1. The van der Waals surface area contributed by atoms with Crippen LogP contribution in [0.4, 0.5) is 0 Å². The minimum atomic E-state index is 0.177. The van der Waals surface area contributed by atoms with Crippen LogP contribution in [-0.2, 0) is 4.74 Å². The molecule has 5 nitrogen and oxygen atoms in total. The number of guanidine groups is 1. The van der Waals surface area contributed by atoms with Crippen LogP contribution in [0, 0.1) is 5.92 Å². The van der Waals surface area contributed by atoms with Crippen LogP contribution in [0.2, 0.25) is 0 Å². The Kier molecular flexibility index (Phi) is 6.67. The first kappa shape index (κ1) is 17.2. The molecule has 1 fully saturated rings. The fourth-order valence-corrected chi connectivity index (χ4v) is 4.15. The number of methoxy groups -OCH3 is 1. The maximum atomic E-state index is 5.99. The zero-order valence-electron chi connectivity index (χ0n) is 13.8. The van der Waals surface area contributed by atoms with E-state index in [1.54, 1.807) is 7.11 Å². The molecule has 3 atom stereocenters. The summed E-state index contributed by atoms with van der Waals surface area (Å²) < 4.78 is 5.10. The van der Waals surface area contributed by atoms with Crippen LogP contribution in [0.25, 0.3) is 0 Å². The van der Waals surface area contributed by atoms with Crippen molar-refractivity contribution in [3.05, 3.63) is 22.4 Å². The molecule has 3 unspecified atom stereocenters. The van der Waals surface area contributed by atoms with E-state index in [1.807, 2.05) is 18.3 Å². The van der Waals surface area contributed by atoms with Crippen LogP contribution in [-0.4, -0.2) is 50.8 Å². The molecule has 1 aliphatic heterocycles. The Hall–Kier alpha value is -1.11. The number of piperidine rings is 1. The lowest BCUT2D eigenvalue weighted by Gasteiger charge is -2.38. The van der Waals surface area contributed by atoms with Gasteiger partial charge >= 0.3 is 0 Å². The zero-order chi connectivity index (χ0) is 15.9. The van der Waals surface area contributed by atoms with E-state index in [9.17, 15) is 0 Å². The van der Waals surface area contributed by atoms with E-state index < -0.39 is 0 Å². The summed E-state index contributed by atoms with van der Waals surface area (Å²) in [6.07, 6.45) is 2.43. The molecule has 0 spiro atoms. The average Bonchev–Trinajstić information content (AvgIpc) is 2.99. The molecule has 0 radical (unpaired) electrons. The third-order valence-corrected chi connectivity index (χ3v) is 5.09. The SMILES string of the molecule is COCC(C)NC(N)=NCC1CCCN(C)C1c1cccs1. The largest absolute Gasteiger partial charge is 0.383 e. The fourth-order valence-electron chi connectivity index (χ4n) is 3.17. The van der Waals surface area contributed by atoms with Gasteiger partial charge in [0, 0.05) is 30.6 Å². The lowest BCUT2D eigenvalue weighted by atomic mass is 9.88. The highest BCUT2D eigenvalue weighted by molar-refractivity contribution is 7.10. The molecule has 124 valence electrons. The van der Waals surface area contributed by atoms with Crippen molar-refractivity contribution in [2.75, 3.05) is 33.9 Å². The van der Waals surface area contributed by atoms with Gasteiger partial charge in [0.25, 0.3) is 0 Å². The summed E-state index contributed by atoms with van der Waals surface area (Å²) >= 11 is 1.83. The smallest absolute Gasteiger partial charge is 0.188 e. The monoisotopic (exact) mass is 324 g/mol. The number of aliphatic imine (C=N–C) groups is 1.